The molecule has 0 saturated heterocycles. The summed E-state index contributed by atoms with van der Waals surface area (Å²) in [6.07, 6.45) is 6.18. The Labute approximate surface area is 244 Å². The van der Waals surface area contributed by atoms with Crippen LogP contribution in [0.5, 0.6) is 5.75 Å². The Morgan fingerprint density at radius 2 is 1.88 bits per heavy atom. The van der Waals surface area contributed by atoms with Crippen LogP contribution in [-0.2, 0) is 25.5 Å². The number of hydrogen-bond donors (Lipinski definition) is 1. The number of benzene rings is 2. The largest absolute Gasteiger partial charge is 0.489 e. The van der Waals surface area contributed by atoms with Gasteiger partial charge < -0.3 is 14.8 Å². The monoisotopic (exact) mass is 604 g/mol. The molecule has 1 aliphatic carbocycles. The van der Waals surface area contributed by atoms with Gasteiger partial charge in [0.25, 0.3) is 10.1 Å². The molecule has 0 bridgehead atoms. The van der Waals surface area contributed by atoms with Crippen molar-refractivity contribution >= 4 is 39.3 Å². The van der Waals surface area contributed by atoms with Gasteiger partial charge in [-0.15, -0.1) is 11.6 Å². The number of nitrogens with one attached hydrogen (secondary N) is 1. The normalized spacial score (nSPS) is 14.8. The van der Waals surface area contributed by atoms with E-state index in [0.29, 0.717) is 41.3 Å². The Bertz CT molecular complexity index is 1450. The highest BCUT2D eigenvalue weighted by atomic mass is 35.5. The third-order valence-corrected chi connectivity index (χ3v) is 8.36. The molecule has 1 aliphatic rings. The third kappa shape index (κ3) is 7.42. The molecule has 12 heteroatoms. The average Bonchev–Trinajstić information content (AvgIpc) is 2.96. The van der Waals surface area contributed by atoms with Crippen molar-refractivity contribution in [3.63, 3.8) is 0 Å². The molecular weight excluding hydrogens is 575 g/mol. The van der Waals surface area contributed by atoms with E-state index < -0.39 is 10.1 Å². The molecule has 0 saturated carbocycles. The van der Waals surface area contributed by atoms with Gasteiger partial charge in [-0.1, -0.05) is 29.3 Å². The number of fused-ring (bicyclic) bond motifs is 1. The molecule has 1 heterocycles. The number of ether oxygens (including phenoxy) is 2. The second kappa shape index (κ2) is 14.1. The van der Waals surface area contributed by atoms with Crippen molar-refractivity contribution in [3.8, 4) is 11.8 Å². The zero-order chi connectivity index (χ0) is 28.5. The zero-order valence-electron chi connectivity index (χ0n) is 22.0. The van der Waals surface area contributed by atoms with Gasteiger partial charge >= 0.3 is 0 Å². The molecule has 1 aromatic heterocycles. The molecule has 0 aliphatic heterocycles. The predicted octanol–water partition coefficient (Wildman–Crippen LogP) is 5.23. The third-order valence-electron chi connectivity index (χ3n) is 6.48. The van der Waals surface area contributed by atoms with Gasteiger partial charge in [0.2, 0.25) is 5.95 Å². The van der Waals surface area contributed by atoms with Crippen LogP contribution >= 0.6 is 23.2 Å². The second-order valence-corrected chi connectivity index (χ2v) is 11.6. The lowest BCUT2D eigenvalue weighted by Gasteiger charge is -2.28. The lowest BCUT2D eigenvalue weighted by Crippen LogP contribution is -2.16. The van der Waals surface area contributed by atoms with Crippen LogP contribution in [0.4, 0.5) is 5.95 Å². The summed E-state index contributed by atoms with van der Waals surface area (Å²) in [6.45, 7) is 2.95. The highest BCUT2D eigenvalue weighted by molar-refractivity contribution is 7.86. The Morgan fingerprint density at radius 3 is 2.58 bits per heavy atom. The minimum absolute atomic E-state index is 0.0176. The highest BCUT2D eigenvalue weighted by Gasteiger charge is 2.28. The molecule has 0 amide bonds. The molecule has 4 rings (SSSR count). The average molecular weight is 606 g/mol. The number of nitriles is 1. The number of rotatable bonds is 13. The first-order valence-electron chi connectivity index (χ1n) is 12.9. The number of halogens is 2. The Morgan fingerprint density at radius 1 is 1.12 bits per heavy atom. The minimum Gasteiger partial charge on any atom is -0.489 e. The van der Waals surface area contributed by atoms with Gasteiger partial charge in [0, 0.05) is 24.9 Å². The number of aromatic nitrogens is 2. The van der Waals surface area contributed by atoms with Gasteiger partial charge in [0.15, 0.2) is 5.75 Å². The Hall–Kier alpha value is -2.94. The van der Waals surface area contributed by atoms with Crippen molar-refractivity contribution < 1.29 is 22.1 Å². The van der Waals surface area contributed by atoms with Crippen molar-refractivity contribution in [1.82, 2.24) is 9.97 Å². The first-order valence-corrected chi connectivity index (χ1v) is 15.2. The fourth-order valence-corrected chi connectivity index (χ4v) is 5.86. The Balaban J connectivity index is 1.27. The topological polar surface area (TPSA) is 123 Å². The van der Waals surface area contributed by atoms with Crippen LogP contribution < -0.4 is 10.1 Å². The molecular formula is C28H30Cl2N4O5S. The lowest BCUT2D eigenvalue weighted by atomic mass is 9.79. The van der Waals surface area contributed by atoms with Gasteiger partial charge in [-0.2, -0.15) is 13.7 Å². The standard InChI is InChI=1S/C28H30Cl2N4O5S/c1-19-5-7-22(8-6-19)40(35,36)39-14-13-37-12-10-32-28-33-17-21(18-34-28)23-3-2-4-24-25(23)15-20(16-31)27(26(24)30)38-11-9-29/h5-8,15,17-18,23H,2-4,9-14H2,1H3,(H,32,33,34). The fraction of sp³-hybridized carbons (Fsp3) is 0.393. The molecule has 3 aromatic rings. The van der Waals surface area contributed by atoms with E-state index in [1.165, 1.54) is 12.1 Å². The molecule has 212 valence electrons. The van der Waals surface area contributed by atoms with Gasteiger partial charge in [-0.3, -0.25) is 4.18 Å². The van der Waals surface area contributed by atoms with Gasteiger partial charge in [0.1, 0.15) is 12.7 Å². The number of anilines is 1. The molecule has 1 atom stereocenters. The number of nitrogens with zero attached hydrogens (tertiary/aromatic N) is 3. The zero-order valence-corrected chi connectivity index (χ0v) is 24.4. The lowest BCUT2D eigenvalue weighted by molar-refractivity contribution is 0.109. The van der Waals surface area contributed by atoms with Gasteiger partial charge in [0.05, 0.1) is 41.2 Å². The minimum atomic E-state index is -3.81. The maximum Gasteiger partial charge on any atom is 0.297 e. The quantitative estimate of drug-likeness (QED) is 0.159. The highest BCUT2D eigenvalue weighted by Crippen LogP contribution is 2.44. The molecule has 0 fully saturated rings. The van der Waals surface area contributed by atoms with E-state index >= 15 is 0 Å². The van der Waals surface area contributed by atoms with E-state index in [1.807, 2.05) is 13.0 Å². The second-order valence-electron chi connectivity index (χ2n) is 9.20. The number of hydrogen-bond acceptors (Lipinski definition) is 9. The van der Waals surface area contributed by atoms with Crippen molar-refractivity contribution in [2.24, 2.45) is 0 Å². The Kier molecular flexibility index (Phi) is 10.6. The molecule has 1 unspecified atom stereocenters. The van der Waals surface area contributed by atoms with E-state index in [4.69, 9.17) is 36.9 Å². The number of aryl methyl sites for hydroxylation is 1. The van der Waals surface area contributed by atoms with Gasteiger partial charge in [-0.25, -0.2) is 9.97 Å². The van der Waals surface area contributed by atoms with Crippen LogP contribution in [0.1, 0.15) is 46.6 Å². The maximum absolute atomic E-state index is 12.2. The van der Waals surface area contributed by atoms with E-state index in [9.17, 15) is 13.7 Å². The fourth-order valence-electron chi connectivity index (χ4n) is 4.53. The van der Waals surface area contributed by atoms with Crippen LogP contribution in [0.15, 0.2) is 47.6 Å². The summed E-state index contributed by atoms with van der Waals surface area (Å²) < 4.78 is 40.5. The summed E-state index contributed by atoms with van der Waals surface area (Å²) >= 11 is 12.4. The van der Waals surface area contributed by atoms with E-state index in [1.54, 1.807) is 24.5 Å². The van der Waals surface area contributed by atoms with Crippen LogP contribution in [0.3, 0.4) is 0 Å². The van der Waals surface area contributed by atoms with Crippen molar-refractivity contribution in [3.05, 3.63) is 75.6 Å². The van der Waals surface area contributed by atoms with Gasteiger partial charge in [-0.05, 0) is 61.1 Å². The maximum atomic E-state index is 12.2. The first kappa shape index (κ1) is 30.0. The van der Waals surface area contributed by atoms with E-state index in [2.05, 4.69) is 21.4 Å². The van der Waals surface area contributed by atoms with Crippen molar-refractivity contribution in [1.29, 1.82) is 5.26 Å². The molecule has 1 N–H and O–H groups in total. The van der Waals surface area contributed by atoms with Crippen LogP contribution in [0.25, 0.3) is 0 Å². The van der Waals surface area contributed by atoms with Crippen molar-refractivity contribution in [2.45, 2.75) is 37.0 Å². The smallest absolute Gasteiger partial charge is 0.297 e. The SMILES string of the molecule is Cc1ccc(S(=O)(=O)OCCOCCNc2ncc(C3CCCc4c3cc(C#N)c(OCCCl)c4Cl)cn2)cc1. The van der Waals surface area contributed by atoms with Crippen LogP contribution in [-0.4, -0.2) is 57.2 Å². The van der Waals surface area contributed by atoms with E-state index in [-0.39, 0.29) is 30.6 Å². The number of alkyl halides is 1. The van der Waals surface area contributed by atoms with E-state index in [0.717, 1.165) is 41.5 Å². The summed E-state index contributed by atoms with van der Waals surface area (Å²) in [5, 5.41) is 13.2. The summed E-state index contributed by atoms with van der Waals surface area (Å²) in [7, 11) is -3.81. The predicted molar refractivity (Wildman–Crippen MR) is 153 cm³/mol. The summed E-state index contributed by atoms with van der Waals surface area (Å²) in [5.74, 6) is 1.16. The molecule has 40 heavy (non-hydrogen) atoms. The van der Waals surface area contributed by atoms with Crippen molar-refractivity contribution in [2.75, 3.05) is 44.2 Å². The molecule has 2 aromatic carbocycles. The first-order chi connectivity index (χ1) is 19.3. The molecule has 9 nitrogen and oxygen atoms in total. The summed E-state index contributed by atoms with van der Waals surface area (Å²) in [6, 6.07) is 10.5. The molecule has 0 radical (unpaired) electrons. The van der Waals surface area contributed by atoms with Crippen LogP contribution in [0, 0.1) is 18.3 Å². The van der Waals surface area contributed by atoms with Crippen LogP contribution in [0.2, 0.25) is 5.02 Å². The summed E-state index contributed by atoms with van der Waals surface area (Å²) in [4.78, 5) is 8.99. The molecule has 0 spiro atoms. The summed E-state index contributed by atoms with van der Waals surface area (Å²) in [5.41, 5.74) is 4.27.